The van der Waals surface area contributed by atoms with E-state index in [0.29, 0.717) is 16.5 Å². The molecule has 0 fully saturated rings. The van der Waals surface area contributed by atoms with Gasteiger partial charge in [0.05, 0.1) is 15.8 Å². The maximum atomic E-state index is 9.76. The molecular weight excluding hydrogens is 273 g/mol. The summed E-state index contributed by atoms with van der Waals surface area (Å²) in [7, 11) is 0. The van der Waals surface area contributed by atoms with E-state index in [0.717, 1.165) is 5.56 Å². The summed E-state index contributed by atoms with van der Waals surface area (Å²) in [6.07, 6.45) is 1.44. The van der Waals surface area contributed by atoms with Crippen LogP contribution in [0.2, 0.25) is 10.2 Å². The van der Waals surface area contributed by atoms with E-state index >= 15 is 0 Å². The molecule has 0 aliphatic carbocycles. The Balaban J connectivity index is 2.41. The predicted octanol–water partition coefficient (Wildman–Crippen LogP) is 4.51. The van der Waals surface area contributed by atoms with Gasteiger partial charge in [0.1, 0.15) is 10.9 Å². The number of halogens is 2. The summed E-state index contributed by atoms with van der Waals surface area (Å²) >= 11 is 12.0. The van der Waals surface area contributed by atoms with Crippen molar-refractivity contribution >= 4 is 34.0 Å². The Morgan fingerprint density at radius 2 is 1.83 bits per heavy atom. The number of rotatable bonds is 1. The van der Waals surface area contributed by atoms with Crippen LogP contribution in [-0.2, 0) is 0 Å². The minimum atomic E-state index is -0.213. The molecule has 5 heteroatoms. The van der Waals surface area contributed by atoms with Gasteiger partial charge in [0, 0.05) is 11.8 Å². The number of aromatic nitrogens is 1. The molecule has 3 rings (SSSR count). The average Bonchev–Trinajstić information content (AvgIpc) is 2.73. The van der Waals surface area contributed by atoms with Crippen molar-refractivity contribution in [2.45, 2.75) is 0 Å². The number of hydrogen-bond donors (Lipinski definition) is 1. The molecule has 18 heavy (non-hydrogen) atoms. The Labute approximate surface area is 113 Å². The van der Waals surface area contributed by atoms with Crippen LogP contribution in [0.1, 0.15) is 0 Å². The lowest BCUT2D eigenvalue weighted by atomic mass is 10.1. The third-order valence-corrected chi connectivity index (χ3v) is 3.42. The van der Waals surface area contributed by atoms with Crippen LogP contribution >= 0.6 is 23.2 Å². The molecule has 0 saturated heterocycles. The second-order valence-electron chi connectivity index (χ2n) is 3.75. The fraction of sp³-hybridized carbons (Fsp3) is 0. The number of furan rings is 1. The third-order valence-electron chi connectivity index (χ3n) is 2.67. The predicted molar refractivity (Wildman–Crippen MR) is 71.1 cm³/mol. The Kier molecular flexibility index (Phi) is 2.65. The molecule has 0 spiro atoms. The van der Waals surface area contributed by atoms with Crippen LogP contribution in [0.25, 0.3) is 22.1 Å². The Bertz CT molecular complexity index is 723. The Morgan fingerprint density at radius 1 is 1.11 bits per heavy atom. The molecule has 1 N–H and O–H groups in total. The summed E-state index contributed by atoms with van der Waals surface area (Å²) in [6.45, 7) is 0. The zero-order valence-electron chi connectivity index (χ0n) is 9.02. The van der Waals surface area contributed by atoms with E-state index in [1.54, 1.807) is 0 Å². The normalized spacial score (nSPS) is 11.0. The third kappa shape index (κ3) is 1.64. The molecule has 3 nitrogen and oxygen atoms in total. The summed E-state index contributed by atoms with van der Waals surface area (Å²) in [5.74, 6) is 0.271. The van der Waals surface area contributed by atoms with Gasteiger partial charge in [-0.2, -0.15) is 0 Å². The molecule has 2 heterocycles. The SMILES string of the molecule is Oc1oc(-c2ccccc2)c2c(Cl)c(Cl)ncc12. The molecule has 3 aromatic rings. The molecule has 0 bridgehead atoms. The highest BCUT2D eigenvalue weighted by Crippen LogP contribution is 2.42. The van der Waals surface area contributed by atoms with Crippen molar-refractivity contribution in [3.05, 3.63) is 46.7 Å². The Morgan fingerprint density at radius 3 is 2.56 bits per heavy atom. The van der Waals surface area contributed by atoms with E-state index in [1.165, 1.54) is 6.20 Å². The van der Waals surface area contributed by atoms with Crippen LogP contribution in [0.15, 0.2) is 40.9 Å². The molecule has 2 aromatic heterocycles. The maximum Gasteiger partial charge on any atom is 0.292 e. The van der Waals surface area contributed by atoms with Crippen LogP contribution in [0.3, 0.4) is 0 Å². The first-order chi connectivity index (χ1) is 8.68. The first-order valence-electron chi connectivity index (χ1n) is 5.19. The number of hydrogen-bond acceptors (Lipinski definition) is 3. The summed E-state index contributed by atoms with van der Waals surface area (Å²) in [5, 5.41) is 11.2. The van der Waals surface area contributed by atoms with Gasteiger partial charge in [0.15, 0.2) is 0 Å². The summed E-state index contributed by atoms with van der Waals surface area (Å²) in [5.41, 5.74) is 0.812. The quantitative estimate of drug-likeness (QED) is 0.667. The van der Waals surface area contributed by atoms with Gasteiger partial charge in [-0.1, -0.05) is 53.5 Å². The van der Waals surface area contributed by atoms with Crippen LogP contribution in [0.4, 0.5) is 0 Å². The maximum absolute atomic E-state index is 9.76. The zero-order chi connectivity index (χ0) is 12.7. The van der Waals surface area contributed by atoms with Gasteiger partial charge >= 0.3 is 0 Å². The summed E-state index contributed by atoms with van der Waals surface area (Å²) in [6, 6.07) is 9.37. The molecule has 0 saturated carbocycles. The fourth-order valence-electron chi connectivity index (χ4n) is 1.84. The minimum absolute atomic E-state index is 0.183. The number of benzene rings is 1. The second-order valence-corrected chi connectivity index (χ2v) is 4.49. The van der Waals surface area contributed by atoms with E-state index in [-0.39, 0.29) is 16.1 Å². The molecule has 0 amide bonds. The average molecular weight is 280 g/mol. The fourth-order valence-corrected chi connectivity index (χ4v) is 2.22. The molecular formula is C13H7Cl2NO2. The largest absolute Gasteiger partial charge is 0.480 e. The lowest BCUT2D eigenvalue weighted by Crippen LogP contribution is -1.80. The highest BCUT2D eigenvalue weighted by molar-refractivity contribution is 6.45. The van der Waals surface area contributed by atoms with Gasteiger partial charge in [0.25, 0.3) is 5.95 Å². The van der Waals surface area contributed by atoms with E-state index in [9.17, 15) is 5.11 Å². The Hall–Kier alpha value is -1.71. The lowest BCUT2D eigenvalue weighted by molar-refractivity contribution is 0.343. The molecule has 90 valence electrons. The highest BCUT2D eigenvalue weighted by atomic mass is 35.5. The van der Waals surface area contributed by atoms with Gasteiger partial charge in [-0.25, -0.2) is 4.98 Å². The van der Waals surface area contributed by atoms with Crippen LogP contribution in [0.5, 0.6) is 5.95 Å². The molecule has 0 aliphatic heterocycles. The number of pyridine rings is 1. The summed E-state index contributed by atoms with van der Waals surface area (Å²) in [4.78, 5) is 3.89. The summed E-state index contributed by atoms with van der Waals surface area (Å²) < 4.78 is 5.36. The van der Waals surface area contributed by atoms with Crippen molar-refractivity contribution in [2.24, 2.45) is 0 Å². The molecule has 0 unspecified atom stereocenters. The highest BCUT2D eigenvalue weighted by Gasteiger charge is 2.19. The van der Waals surface area contributed by atoms with Crippen molar-refractivity contribution < 1.29 is 9.52 Å². The van der Waals surface area contributed by atoms with Crippen molar-refractivity contribution in [3.63, 3.8) is 0 Å². The number of nitrogens with zero attached hydrogens (tertiary/aromatic N) is 1. The number of fused-ring (bicyclic) bond motifs is 1. The van der Waals surface area contributed by atoms with Gasteiger partial charge in [-0.15, -0.1) is 0 Å². The zero-order valence-corrected chi connectivity index (χ0v) is 10.5. The van der Waals surface area contributed by atoms with Crippen LogP contribution < -0.4 is 0 Å². The molecule has 1 aromatic carbocycles. The van der Waals surface area contributed by atoms with E-state index in [4.69, 9.17) is 27.6 Å². The van der Waals surface area contributed by atoms with Crippen molar-refractivity contribution in [2.75, 3.05) is 0 Å². The minimum Gasteiger partial charge on any atom is -0.480 e. The van der Waals surface area contributed by atoms with Crippen molar-refractivity contribution in [1.29, 1.82) is 0 Å². The van der Waals surface area contributed by atoms with Gasteiger partial charge in [-0.05, 0) is 0 Å². The van der Waals surface area contributed by atoms with Crippen LogP contribution in [0, 0.1) is 0 Å². The van der Waals surface area contributed by atoms with Gasteiger partial charge < -0.3 is 9.52 Å². The van der Waals surface area contributed by atoms with E-state index in [2.05, 4.69) is 4.98 Å². The monoisotopic (exact) mass is 279 g/mol. The van der Waals surface area contributed by atoms with Crippen molar-refractivity contribution in [1.82, 2.24) is 4.98 Å². The second kappa shape index (κ2) is 4.19. The van der Waals surface area contributed by atoms with Gasteiger partial charge in [-0.3, -0.25) is 0 Å². The van der Waals surface area contributed by atoms with E-state index < -0.39 is 0 Å². The van der Waals surface area contributed by atoms with Crippen LogP contribution in [-0.4, -0.2) is 10.1 Å². The standard InChI is InChI=1S/C13H7Cl2NO2/c14-10-9-8(6-16-12(10)15)13(17)18-11(9)7-4-2-1-3-5-7/h1-6,17H. The number of aromatic hydroxyl groups is 1. The first-order valence-corrected chi connectivity index (χ1v) is 5.95. The molecule has 0 atom stereocenters. The van der Waals surface area contributed by atoms with E-state index in [1.807, 2.05) is 30.3 Å². The molecule has 0 radical (unpaired) electrons. The lowest BCUT2D eigenvalue weighted by Gasteiger charge is -1.99. The van der Waals surface area contributed by atoms with Gasteiger partial charge in [0.2, 0.25) is 0 Å². The first kappa shape index (κ1) is 11.4. The van der Waals surface area contributed by atoms with Crippen molar-refractivity contribution in [3.8, 4) is 17.3 Å². The molecule has 0 aliphatic rings. The smallest absolute Gasteiger partial charge is 0.292 e. The topological polar surface area (TPSA) is 46.3 Å².